The number of esters is 1. The minimum atomic E-state index is -0.396. The van der Waals surface area contributed by atoms with Crippen LogP contribution < -0.4 is 14.8 Å². The molecule has 7 nitrogen and oxygen atoms in total. The standard InChI is InChI=1S/C20H20IN3O4/c1-4-28-20(25)16-8-13(21)7-15-18(16)23-11-24-19(15)22-10-12-5-6-14(26-2)9-17(12)27-3/h5-9,11H,4,10H2,1-3H3,(H,22,23,24). The van der Waals surface area contributed by atoms with Crippen LogP contribution in [0.4, 0.5) is 5.82 Å². The molecule has 0 spiro atoms. The highest BCUT2D eigenvalue weighted by Crippen LogP contribution is 2.28. The second-order valence-electron chi connectivity index (χ2n) is 5.82. The molecule has 3 aromatic rings. The number of halogens is 1. The summed E-state index contributed by atoms with van der Waals surface area (Å²) in [6.07, 6.45) is 1.44. The summed E-state index contributed by atoms with van der Waals surface area (Å²) in [6, 6.07) is 9.34. The molecule has 0 saturated carbocycles. The molecule has 0 bridgehead atoms. The summed E-state index contributed by atoms with van der Waals surface area (Å²) in [7, 11) is 3.23. The van der Waals surface area contributed by atoms with Crippen LogP contribution >= 0.6 is 22.6 Å². The van der Waals surface area contributed by atoms with E-state index in [2.05, 4.69) is 37.9 Å². The van der Waals surface area contributed by atoms with Crippen LogP contribution in [0.25, 0.3) is 10.9 Å². The van der Waals surface area contributed by atoms with Crippen molar-refractivity contribution in [2.45, 2.75) is 13.5 Å². The molecular weight excluding hydrogens is 473 g/mol. The zero-order valence-electron chi connectivity index (χ0n) is 15.8. The summed E-state index contributed by atoms with van der Waals surface area (Å²) in [5.41, 5.74) is 1.93. The molecule has 0 amide bonds. The van der Waals surface area contributed by atoms with Gasteiger partial charge in [-0.2, -0.15) is 0 Å². The SMILES string of the molecule is CCOC(=O)c1cc(I)cc2c(NCc3ccc(OC)cc3OC)ncnc12. The zero-order valence-corrected chi connectivity index (χ0v) is 17.9. The maximum Gasteiger partial charge on any atom is 0.340 e. The Bertz CT molecular complexity index is 1010. The molecule has 0 unspecified atom stereocenters. The summed E-state index contributed by atoms with van der Waals surface area (Å²) < 4.78 is 16.7. The third kappa shape index (κ3) is 4.27. The molecule has 0 radical (unpaired) electrons. The highest BCUT2D eigenvalue weighted by molar-refractivity contribution is 14.1. The number of hydrogen-bond acceptors (Lipinski definition) is 7. The van der Waals surface area contributed by atoms with Crippen molar-refractivity contribution in [1.29, 1.82) is 0 Å². The van der Waals surface area contributed by atoms with Crippen LogP contribution in [0.1, 0.15) is 22.8 Å². The van der Waals surface area contributed by atoms with Crippen molar-refractivity contribution in [3.8, 4) is 11.5 Å². The van der Waals surface area contributed by atoms with Crippen LogP contribution in [0.15, 0.2) is 36.7 Å². The van der Waals surface area contributed by atoms with Crippen molar-refractivity contribution < 1.29 is 19.0 Å². The minimum absolute atomic E-state index is 0.305. The molecule has 0 aliphatic rings. The van der Waals surface area contributed by atoms with Gasteiger partial charge in [-0.1, -0.05) is 0 Å². The number of fused-ring (bicyclic) bond motifs is 1. The first kappa shape index (κ1) is 20.1. The zero-order chi connectivity index (χ0) is 20.1. The van der Waals surface area contributed by atoms with Crippen LogP contribution in [-0.4, -0.2) is 36.8 Å². The molecule has 28 heavy (non-hydrogen) atoms. The molecular formula is C20H20IN3O4. The number of hydrogen-bond donors (Lipinski definition) is 1. The van der Waals surface area contributed by atoms with E-state index < -0.39 is 5.97 Å². The Morgan fingerprint density at radius 2 is 1.96 bits per heavy atom. The normalized spacial score (nSPS) is 10.6. The fourth-order valence-electron chi connectivity index (χ4n) is 2.81. The fourth-order valence-corrected chi connectivity index (χ4v) is 3.44. The van der Waals surface area contributed by atoms with E-state index in [0.717, 1.165) is 20.3 Å². The lowest BCUT2D eigenvalue weighted by molar-refractivity contribution is 0.0528. The molecule has 0 fully saturated rings. The topological polar surface area (TPSA) is 82.6 Å². The van der Waals surface area contributed by atoms with Gasteiger partial charge in [0.05, 0.1) is 31.9 Å². The summed E-state index contributed by atoms with van der Waals surface area (Å²) in [6.45, 7) is 2.57. The number of aromatic nitrogens is 2. The van der Waals surface area contributed by atoms with Crippen LogP contribution in [0, 0.1) is 3.57 Å². The number of rotatable bonds is 7. The van der Waals surface area contributed by atoms with Gasteiger partial charge in [0, 0.05) is 27.1 Å². The Morgan fingerprint density at radius 1 is 1.14 bits per heavy atom. The number of carbonyl (C=O) groups excluding carboxylic acids is 1. The van der Waals surface area contributed by atoms with E-state index in [1.54, 1.807) is 27.2 Å². The van der Waals surface area contributed by atoms with Crippen LogP contribution in [0.3, 0.4) is 0 Å². The average Bonchev–Trinajstić information content (AvgIpc) is 2.71. The predicted molar refractivity (Wildman–Crippen MR) is 115 cm³/mol. The maximum atomic E-state index is 12.3. The third-order valence-electron chi connectivity index (χ3n) is 4.14. The van der Waals surface area contributed by atoms with Gasteiger partial charge in [0.15, 0.2) is 0 Å². The van der Waals surface area contributed by atoms with Gasteiger partial charge in [0.2, 0.25) is 0 Å². The molecule has 0 saturated heterocycles. The first-order valence-electron chi connectivity index (χ1n) is 8.63. The molecule has 1 N–H and O–H groups in total. The van der Waals surface area contributed by atoms with Crippen LogP contribution in [-0.2, 0) is 11.3 Å². The molecule has 0 atom stereocenters. The number of methoxy groups -OCH3 is 2. The van der Waals surface area contributed by atoms with Gasteiger partial charge < -0.3 is 19.5 Å². The van der Waals surface area contributed by atoms with Crippen molar-refractivity contribution in [3.05, 3.63) is 51.4 Å². The summed E-state index contributed by atoms with van der Waals surface area (Å²) in [4.78, 5) is 21.0. The molecule has 2 aromatic carbocycles. The Balaban J connectivity index is 1.95. The van der Waals surface area contributed by atoms with Crippen LogP contribution in [0.5, 0.6) is 11.5 Å². The van der Waals surface area contributed by atoms with E-state index in [4.69, 9.17) is 14.2 Å². The van der Waals surface area contributed by atoms with Crippen molar-refractivity contribution in [1.82, 2.24) is 9.97 Å². The Labute approximate surface area is 176 Å². The van der Waals surface area contributed by atoms with E-state index in [9.17, 15) is 4.79 Å². The monoisotopic (exact) mass is 493 g/mol. The lowest BCUT2D eigenvalue weighted by atomic mass is 10.1. The molecule has 0 aliphatic carbocycles. The largest absolute Gasteiger partial charge is 0.497 e. The van der Waals surface area contributed by atoms with Crippen molar-refractivity contribution in [2.75, 3.05) is 26.1 Å². The van der Waals surface area contributed by atoms with E-state index >= 15 is 0 Å². The number of nitrogens with one attached hydrogen (secondary N) is 1. The number of carbonyl (C=O) groups is 1. The fraction of sp³-hybridized carbons (Fsp3) is 0.250. The van der Waals surface area contributed by atoms with E-state index in [0.29, 0.717) is 35.8 Å². The smallest absolute Gasteiger partial charge is 0.340 e. The van der Waals surface area contributed by atoms with E-state index in [1.165, 1.54) is 6.33 Å². The second kappa shape index (κ2) is 9.05. The minimum Gasteiger partial charge on any atom is -0.497 e. The molecule has 8 heteroatoms. The van der Waals surface area contributed by atoms with E-state index in [1.807, 2.05) is 24.3 Å². The molecule has 3 rings (SSSR count). The van der Waals surface area contributed by atoms with Gasteiger partial charge in [-0.25, -0.2) is 14.8 Å². The van der Waals surface area contributed by atoms with E-state index in [-0.39, 0.29) is 0 Å². The molecule has 0 aliphatic heterocycles. The van der Waals surface area contributed by atoms with Gasteiger partial charge in [-0.15, -0.1) is 0 Å². The number of anilines is 1. The Hall–Kier alpha value is -2.62. The highest BCUT2D eigenvalue weighted by atomic mass is 127. The maximum absolute atomic E-state index is 12.3. The Kier molecular flexibility index (Phi) is 6.50. The second-order valence-corrected chi connectivity index (χ2v) is 7.07. The van der Waals surface area contributed by atoms with Gasteiger partial charge in [-0.3, -0.25) is 0 Å². The molecule has 1 heterocycles. The first-order valence-corrected chi connectivity index (χ1v) is 9.71. The highest BCUT2D eigenvalue weighted by Gasteiger charge is 2.16. The third-order valence-corrected chi connectivity index (χ3v) is 4.76. The predicted octanol–water partition coefficient (Wildman–Crippen LogP) is 4.04. The van der Waals surface area contributed by atoms with Gasteiger partial charge >= 0.3 is 5.97 Å². The summed E-state index contributed by atoms with van der Waals surface area (Å²) in [5.74, 6) is 1.67. The number of nitrogens with zero attached hydrogens (tertiary/aromatic N) is 2. The van der Waals surface area contributed by atoms with Crippen molar-refractivity contribution in [3.63, 3.8) is 0 Å². The van der Waals surface area contributed by atoms with Gasteiger partial charge in [0.1, 0.15) is 23.6 Å². The number of benzene rings is 2. The van der Waals surface area contributed by atoms with Gasteiger partial charge in [0.25, 0.3) is 0 Å². The van der Waals surface area contributed by atoms with Crippen molar-refractivity contribution >= 4 is 45.3 Å². The quantitative estimate of drug-likeness (QED) is 0.393. The van der Waals surface area contributed by atoms with Gasteiger partial charge in [-0.05, 0) is 53.8 Å². The van der Waals surface area contributed by atoms with Crippen LogP contribution in [0.2, 0.25) is 0 Å². The number of ether oxygens (including phenoxy) is 3. The Morgan fingerprint density at radius 3 is 2.68 bits per heavy atom. The van der Waals surface area contributed by atoms with Crippen molar-refractivity contribution in [2.24, 2.45) is 0 Å². The molecule has 146 valence electrons. The molecule has 1 aromatic heterocycles. The lowest BCUT2D eigenvalue weighted by Gasteiger charge is -2.13. The lowest BCUT2D eigenvalue weighted by Crippen LogP contribution is -2.09. The summed E-state index contributed by atoms with van der Waals surface area (Å²) >= 11 is 2.17. The average molecular weight is 493 g/mol. The first-order chi connectivity index (χ1) is 13.6. The summed E-state index contributed by atoms with van der Waals surface area (Å²) in [5, 5.41) is 4.07.